The van der Waals surface area contributed by atoms with Crippen LogP contribution in [-0.4, -0.2) is 6.88 Å². The van der Waals surface area contributed by atoms with Crippen LogP contribution in [0, 0.1) is 0 Å². The SMILES string of the molecule is [CH3][Zr]([CH3])(=[SiH2])([CH]1C(c2ccccc2)=Cc2c(-c3ccccc3)ccc(-c3ccccc3)c21)[CH]1C(c2ccccc2)=Cc2c(-c3ccccc3)ccc(-c3ccccc3)c21. The molecule has 0 amide bonds. The number of allylic oxidation sites excluding steroid dienone is 2. The van der Waals surface area contributed by atoms with Gasteiger partial charge in [0.2, 0.25) is 0 Å². The molecule has 0 aliphatic heterocycles. The Hall–Kier alpha value is -5.66. The van der Waals surface area contributed by atoms with Crippen molar-refractivity contribution in [2.24, 2.45) is 0 Å². The van der Waals surface area contributed by atoms with Gasteiger partial charge in [0.25, 0.3) is 0 Å². The van der Waals surface area contributed by atoms with Crippen LogP contribution in [0.4, 0.5) is 0 Å². The van der Waals surface area contributed by atoms with Gasteiger partial charge in [0.15, 0.2) is 0 Å². The van der Waals surface area contributed by atoms with Crippen LogP contribution in [0.15, 0.2) is 206 Å². The normalized spacial score (nSPS) is 16.0. The first-order chi connectivity index (χ1) is 28.4. The predicted molar refractivity (Wildman–Crippen MR) is 249 cm³/mol. The molecule has 0 N–H and O–H groups in total. The zero-order chi connectivity index (χ0) is 39.3. The summed E-state index contributed by atoms with van der Waals surface area (Å²) in [6.45, 7) is 2.44. The number of benzene rings is 8. The zero-order valence-corrected chi connectivity index (χ0v) is 37.0. The molecule has 0 saturated heterocycles. The molecule has 2 aliphatic rings. The summed E-state index contributed by atoms with van der Waals surface area (Å²) in [6.07, 6.45) is 5.19. The molecule has 10 rings (SSSR count). The van der Waals surface area contributed by atoms with Gasteiger partial charge in [-0.15, -0.1) is 0 Å². The molecule has 0 radical (unpaired) electrons. The Morgan fingerprint density at radius 1 is 0.310 bits per heavy atom. The van der Waals surface area contributed by atoms with Gasteiger partial charge in [0.1, 0.15) is 0 Å². The van der Waals surface area contributed by atoms with Crippen LogP contribution in [0.2, 0.25) is 9.26 Å². The van der Waals surface area contributed by atoms with E-state index in [1.54, 1.807) is 0 Å². The minimum absolute atomic E-state index is 0.225. The van der Waals surface area contributed by atoms with Crippen molar-refractivity contribution >= 4 is 30.2 Å². The summed E-state index contributed by atoms with van der Waals surface area (Å²) in [6, 6.07) is 76.6. The first-order valence-corrected chi connectivity index (χ1v) is 34.2. The maximum absolute atomic E-state index is 4.40. The topological polar surface area (TPSA) is 0 Å². The van der Waals surface area contributed by atoms with Crippen LogP contribution in [0.1, 0.15) is 40.6 Å². The summed E-state index contributed by atoms with van der Waals surface area (Å²) in [5, 5.41) is 0. The summed E-state index contributed by atoms with van der Waals surface area (Å²) < 4.78 is 6.04. The molecule has 2 unspecified atom stereocenters. The summed E-state index contributed by atoms with van der Waals surface area (Å²) in [5.74, 6) is 0. The summed E-state index contributed by atoms with van der Waals surface area (Å²) in [4.78, 5) is 0. The quantitative estimate of drug-likeness (QED) is 0.134. The maximum atomic E-state index is 2.79. The Bertz CT molecular complexity index is 2730. The predicted octanol–water partition coefficient (Wildman–Crippen LogP) is 14.6. The van der Waals surface area contributed by atoms with Gasteiger partial charge in [-0.25, -0.2) is 0 Å². The Kier molecular flexibility index (Phi) is 9.24. The third-order valence-electron chi connectivity index (χ3n) is 12.8. The molecule has 0 saturated carbocycles. The van der Waals surface area contributed by atoms with Crippen molar-refractivity contribution in [2.75, 3.05) is 0 Å². The van der Waals surface area contributed by atoms with Crippen molar-refractivity contribution in [3.63, 3.8) is 0 Å². The molecule has 0 heterocycles. The summed E-state index contributed by atoms with van der Waals surface area (Å²) >= 11 is -4.40. The molecule has 58 heavy (non-hydrogen) atoms. The van der Waals surface area contributed by atoms with Gasteiger partial charge >= 0.3 is 348 Å². The summed E-state index contributed by atoms with van der Waals surface area (Å²) in [5.41, 5.74) is 21.7. The van der Waals surface area contributed by atoms with Gasteiger partial charge in [0, 0.05) is 0 Å². The molecule has 0 nitrogen and oxygen atoms in total. The fourth-order valence-corrected chi connectivity index (χ4v) is 28.6. The van der Waals surface area contributed by atoms with Crippen molar-refractivity contribution in [2.45, 2.75) is 16.5 Å². The molecule has 8 aromatic carbocycles. The second-order valence-electron chi connectivity index (χ2n) is 17.2. The molecule has 8 aromatic rings. The van der Waals surface area contributed by atoms with Gasteiger partial charge in [0.05, 0.1) is 0 Å². The monoisotopic (exact) mass is 836 g/mol. The standard InChI is InChI=1S/2C27H19.2CH3.H2Si.Zr/c2*1-4-10-20(11-5-1)23-18-26-24(21-12-6-2-7-13-21)16-17-25(27(26)19-23)22-14-8-3-9-15-22;;;;/h2*1-19H;2*1H3;1H2;. The van der Waals surface area contributed by atoms with Crippen LogP contribution >= 0.6 is 0 Å². The molecule has 2 aliphatic carbocycles. The average molecular weight is 838 g/mol. The fourth-order valence-electron chi connectivity index (χ4n) is 10.4. The Morgan fingerprint density at radius 3 is 0.845 bits per heavy atom. The molecular formula is C56H46SiZr. The van der Waals surface area contributed by atoms with Crippen LogP contribution in [0.3, 0.4) is 0 Å². The van der Waals surface area contributed by atoms with E-state index in [9.17, 15) is 0 Å². The Balaban J connectivity index is 1.32. The average Bonchev–Trinajstić information content (AvgIpc) is 3.91. The van der Waals surface area contributed by atoms with Crippen LogP contribution in [0.5, 0.6) is 0 Å². The van der Waals surface area contributed by atoms with Crippen LogP contribution in [-0.2, 0) is 17.4 Å². The molecular weight excluding hydrogens is 792 g/mol. The van der Waals surface area contributed by atoms with Crippen molar-refractivity contribution in [1.82, 2.24) is 0 Å². The van der Waals surface area contributed by atoms with E-state index < -0.39 is 17.4 Å². The van der Waals surface area contributed by atoms with Gasteiger partial charge in [-0.1, -0.05) is 0 Å². The van der Waals surface area contributed by atoms with Gasteiger partial charge in [-0.3, -0.25) is 0 Å². The first-order valence-electron chi connectivity index (χ1n) is 20.5. The van der Waals surface area contributed by atoms with E-state index in [0.29, 0.717) is 0 Å². The van der Waals surface area contributed by atoms with Crippen LogP contribution < -0.4 is 0 Å². The summed E-state index contributed by atoms with van der Waals surface area (Å²) in [7, 11) is 0. The van der Waals surface area contributed by atoms with Crippen molar-refractivity contribution in [3.05, 3.63) is 240 Å². The van der Waals surface area contributed by atoms with E-state index in [1.807, 2.05) is 0 Å². The van der Waals surface area contributed by atoms with Crippen molar-refractivity contribution < 1.29 is 17.4 Å². The van der Waals surface area contributed by atoms with E-state index >= 15 is 0 Å². The first kappa shape index (κ1) is 36.7. The zero-order valence-electron chi connectivity index (χ0n) is 33.1. The third kappa shape index (κ3) is 6.22. The Labute approximate surface area is 345 Å². The third-order valence-corrected chi connectivity index (χ3v) is 29.9. The Morgan fingerprint density at radius 2 is 0.552 bits per heavy atom. The molecule has 0 spiro atoms. The second kappa shape index (κ2) is 14.6. The molecule has 0 fully saturated rings. The van der Waals surface area contributed by atoms with Crippen LogP contribution in [0.25, 0.3) is 67.8 Å². The number of hydrogen-bond acceptors (Lipinski definition) is 0. The van der Waals surface area contributed by atoms with Gasteiger partial charge < -0.3 is 0 Å². The number of hydrogen-bond donors (Lipinski definition) is 0. The fraction of sp³-hybridized carbons (Fsp3) is 0.0714. The molecule has 278 valence electrons. The van der Waals surface area contributed by atoms with E-state index in [2.05, 4.69) is 235 Å². The number of rotatable bonds is 8. The van der Waals surface area contributed by atoms with E-state index in [4.69, 9.17) is 0 Å². The molecule has 0 aromatic heterocycles. The number of fused-ring (bicyclic) bond motifs is 2. The van der Waals surface area contributed by atoms with E-state index in [-0.39, 0.29) is 7.25 Å². The van der Waals surface area contributed by atoms with Crippen molar-refractivity contribution in [3.8, 4) is 44.5 Å². The van der Waals surface area contributed by atoms with Crippen molar-refractivity contribution in [1.29, 1.82) is 0 Å². The molecule has 2 heteroatoms. The minimum atomic E-state index is -4.40. The van der Waals surface area contributed by atoms with E-state index in [1.165, 1.54) is 89.0 Å². The second-order valence-corrected chi connectivity index (χ2v) is 47.6. The van der Waals surface area contributed by atoms with Gasteiger partial charge in [-0.2, -0.15) is 0 Å². The molecule has 2 atom stereocenters. The molecule has 0 bridgehead atoms. The van der Waals surface area contributed by atoms with E-state index in [0.717, 1.165) is 0 Å². The van der Waals surface area contributed by atoms with Gasteiger partial charge in [-0.05, 0) is 0 Å².